The zero-order chi connectivity index (χ0) is 19.7. The van der Waals surface area contributed by atoms with Crippen LogP contribution in [0.3, 0.4) is 0 Å². The lowest BCUT2D eigenvalue weighted by Crippen LogP contribution is -2.47. The van der Waals surface area contributed by atoms with Crippen molar-refractivity contribution in [2.45, 2.75) is 17.9 Å². The minimum Gasteiger partial charge on any atom is -0.459 e. The van der Waals surface area contributed by atoms with Crippen LogP contribution in [0.25, 0.3) is 11.0 Å². The van der Waals surface area contributed by atoms with Crippen molar-refractivity contribution in [3.05, 3.63) is 54.4 Å². The Morgan fingerprint density at radius 1 is 1.11 bits per heavy atom. The fourth-order valence-corrected chi connectivity index (χ4v) is 4.67. The van der Waals surface area contributed by atoms with Crippen LogP contribution in [0.4, 0.5) is 5.82 Å². The van der Waals surface area contributed by atoms with Crippen LogP contribution in [0.5, 0.6) is 0 Å². The maximum Gasteiger partial charge on any atom is 0.244 e. The number of nitrogens with one attached hydrogen (secondary N) is 1. The SMILES string of the molecule is C[C@@H](Nc1ccc(S(=O)(=O)N2CCN(C)CC2)cn1)c1cc2ccccc2o1. The lowest BCUT2D eigenvalue weighted by molar-refractivity contribution is 0.222. The fourth-order valence-electron chi connectivity index (χ4n) is 3.30. The van der Waals surface area contributed by atoms with Gasteiger partial charge in [0.15, 0.2) is 0 Å². The molecule has 4 rings (SSSR count). The number of likely N-dealkylation sites (N-methyl/N-ethyl adjacent to an activating group) is 1. The first-order valence-corrected chi connectivity index (χ1v) is 10.8. The number of hydrogen-bond donors (Lipinski definition) is 1. The minimum atomic E-state index is -3.50. The molecule has 1 N–H and O–H groups in total. The molecule has 1 fully saturated rings. The fraction of sp³-hybridized carbons (Fsp3) is 0.350. The molecule has 1 aromatic carbocycles. The Morgan fingerprint density at radius 2 is 1.86 bits per heavy atom. The van der Waals surface area contributed by atoms with Crippen LogP contribution in [-0.4, -0.2) is 55.8 Å². The van der Waals surface area contributed by atoms with E-state index in [2.05, 4.69) is 15.2 Å². The van der Waals surface area contributed by atoms with E-state index < -0.39 is 10.0 Å². The molecule has 3 heterocycles. The molecule has 3 aromatic rings. The molecule has 0 aliphatic carbocycles. The van der Waals surface area contributed by atoms with E-state index in [-0.39, 0.29) is 10.9 Å². The number of furan rings is 1. The summed E-state index contributed by atoms with van der Waals surface area (Å²) in [5, 5.41) is 4.31. The molecule has 1 aliphatic rings. The van der Waals surface area contributed by atoms with Crippen molar-refractivity contribution in [2.75, 3.05) is 38.5 Å². The first-order chi connectivity index (χ1) is 13.4. The summed E-state index contributed by atoms with van der Waals surface area (Å²) in [5.74, 6) is 1.41. The average molecular weight is 401 g/mol. The highest BCUT2D eigenvalue weighted by atomic mass is 32.2. The summed E-state index contributed by atoms with van der Waals surface area (Å²) in [7, 11) is -1.51. The number of pyridine rings is 1. The first kappa shape index (κ1) is 18.9. The van der Waals surface area contributed by atoms with E-state index >= 15 is 0 Å². The van der Waals surface area contributed by atoms with Crippen molar-refractivity contribution in [3.8, 4) is 0 Å². The van der Waals surface area contributed by atoms with Gasteiger partial charge in [-0.2, -0.15) is 4.31 Å². The van der Waals surface area contributed by atoms with Crippen LogP contribution >= 0.6 is 0 Å². The van der Waals surface area contributed by atoms with Crippen LogP contribution in [0.15, 0.2) is 58.0 Å². The quantitative estimate of drug-likeness (QED) is 0.709. The average Bonchev–Trinajstić information content (AvgIpc) is 3.13. The van der Waals surface area contributed by atoms with Crippen molar-refractivity contribution < 1.29 is 12.8 Å². The molecule has 0 spiro atoms. The third-order valence-electron chi connectivity index (χ3n) is 5.07. The van der Waals surface area contributed by atoms with E-state index in [4.69, 9.17) is 4.42 Å². The second-order valence-electron chi connectivity index (χ2n) is 7.14. The van der Waals surface area contributed by atoms with Gasteiger partial charge in [0.05, 0.1) is 6.04 Å². The van der Waals surface area contributed by atoms with Gasteiger partial charge >= 0.3 is 0 Å². The summed E-state index contributed by atoms with van der Waals surface area (Å²) < 4.78 is 33.0. The van der Waals surface area contributed by atoms with Gasteiger partial charge in [-0.15, -0.1) is 0 Å². The Hall–Kier alpha value is -2.42. The van der Waals surface area contributed by atoms with Crippen LogP contribution in [0.1, 0.15) is 18.7 Å². The Bertz CT molecular complexity index is 1020. The van der Waals surface area contributed by atoms with Gasteiger partial charge in [0.2, 0.25) is 10.0 Å². The molecule has 148 valence electrons. The van der Waals surface area contributed by atoms with Gasteiger partial charge in [0.25, 0.3) is 0 Å². The number of nitrogens with zero attached hydrogens (tertiary/aromatic N) is 3. The molecule has 1 aliphatic heterocycles. The maximum atomic E-state index is 12.8. The van der Waals surface area contributed by atoms with Gasteiger partial charge in [0.1, 0.15) is 22.1 Å². The van der Waals surface area contributed by atoms with Gasteiger partial charge in [-0.3, -0.25) is 0 Å². The van der Waals surface area contributed by atoms with Gasteiger partial charge in [0, 0.05) is 37.8 Å². The third-order valence-corrected chi connectivity index (χ3v) is 6.95. The normalized spacial score (nSPS) is 17.6. The lowest BCUT2D eigenvalue weighted by Gasteiger charge is -2.31. The van der Waals surface area contributed by atoms with Gasteiger partial charge < -0.3 is 14.6 Å². The number of sulfonamides is 1. The molecule has 28 heavy (non-hydrogen) atoms. The summed E-state index contributed by atoms with van der Waals surface area (Å²) in [4.78, 5) is 6.65. The van der Waals surface area contributed by atoms with E-state index in [0.29, 0.717) is 18.9 Å². The second-order valence-corrected chi connectivity index (χ2v) is 9.08. The maximum absolute atomic E-state index is 12.8. The predicted octanol–water partition coefficient (Wildman–Crippen LogP) is 2.94. The van der Waals surface area contributed by atoms with E-state index in [1.165, 1.54) is 10.5 Å². The molecular formula is C20H24N4O3S. The molecule has 7 nitrogen and oxygen atoms in total. The standard InChI is InChI=1S/C20H24N4O3S/c1-15(19-13-16-5-3-4-6-18(16)27-19)22-20-8-7-17(14-21-20)28(25,26)24-11-9-23(2)10-12-24/h3-8,13-15H,9-12H2,1-2H3,(H,21,22)/t15-/m1/s1. The molecule has 1 saturated heterocycles. The highest BCUT2D eigenvalue weighted by molar-refractivity contribution is 7.89. The molecule has 2 aromatic heterocycles. The zero-order valence-electron chi connectivity index (χ0n) is 16.0. The lowest BCUT2D eigenvalue weighted by atomic mass is 10.2. The number of fused-ring (bicyclic) bond motifs is 1. The number of piperazine rings is 1. The van der Waals surface area contributed by atoms with E-state index in [0.717, 1.165) is 29.8 Å². The molecule has 1 atom stereocenters. The number of benzene rings is 1. The van der Waals surface area contributed by atoms with Gasteiger partial charge in [-0.1, -0.05) is 18.2 Å². The molecule has 0 bridgehead atoms. The molecule has 0 amide bonds. The molecule has 0 radical (unpaired) electrons. The van der Waals surface area contributed by atoms with Gasteiger partial charge in [-0.05, 0) is 38.2 Å². The highest BCUT2D eigenvalue weighted by Gasteiger charge is 2.27. The number of hydrogen-bond acceptors (Lipinski definition) is 6. The molecular weight excluding hydrogens is 376 g/mol. The third kappa shape index (κ3) is 3.76. The monoisotopic (exact) mass is 400 g/mol. The van der Waals surface area contributed by atoms with Crippen LogP contribution in [0, 0.1) is 0 Å². The minimum absolute atomic E-state index is 0.0972. The van der Waals surface area contributed by atoms with Gasteiger partial charge in [-0.25, -0.2) is 13.4 Å². The van der Waals surface area contributed by atoms with Crippen LogP contribution < -0.4 is 5.32 Å². The summed E-state index contributed by atoms with van der Waals surface area (Å²) in [6.45, 7) is 4.46. The first-order valence-electron chi connectivity index (χ1n) is 9.33. The highest BCUT2D eigenvalue weighted by Crippen LogP contribution is 2.26. The summed E-state index contributed by atoms with van der Waals surface area (Å²) in [6, 6.07) is 13.1. The summed E-state index contributed by atoms with van der Waals surface area (Å²) in [6.07, 6.45) is 1.42. The summed E-state index contributed by atoms with van der Waals surface area (Å²) in [5.41, 5.74) is 0.840. The van der Waals surface area contributed by atoms with Crippen LogP contribution in [-0.2, 0) is 10.0 Å². The Balaban J connectivity index is 1.47. The van der Waals surface area contributed by atoms with Crippen LogP contribution in [0.2, 0.25) is 0 Å². The molecule has 8 heteroatoms. The predicted molar refractivity (Wildman–Crippen MR) is 109 cm³/mol. The van der Waals surface area contributed by atoms with E-state index in [9.17, 15) is 8.42 Å². The largest absolute Gasteiger partial charge is 0.459 e. The number of aromatic nitrogens is 1. The number of anilines is 1. The van der Waals surface area contributed by atoms with Crippen molar-refractivity contribution >= 4 is 26.8 Å². The Morgan fingerprint density at radius 3 is 2.54 bits per heavy atom. The topological polar surface area (TPSA) is 78.7 Å². The summed E-state index contributed by atoms with van der Waals surface area (Å²) >= 11 is 0. The molecule has 0 unspecified atom stereocenters. The molecule has 0 saturated carbocycles. The van der Waals surface area contributed by atoms with Crippen molar-refractivity contribution in [1.82, 2.24) is 14.2 Å². The van der Waals surface area contributed by atoms with E-state index in [1.54, 1.807) is 12.1 Å². The Kier molecular flexibility index (Phi) is 5.09. The van der Waals surface area contributed by atoms with Crippen molar-refractivity contribution in [3.63, 3.8) is 0 Å². The van der Waals surface area contributed by atoms with Crippen molar-refractivity contribution in [2.24, 2.45) is 0 Å². The Labute approximate surface area is 165 Å². The zero-order valence-corrected chi connectivity index (χ0v) is 16.8. The number of para-hydroxylation sites is 1. The second kappa shape index (κ2) is 7.54. The smallest absolute Gasteiger partial charge is 0.244 e. The van der Waals surface area contributed by atoms with E-state index in [1.807, 2.05) is 44.3 Å². The van der Waals surface area contributed by atoms with Crippen molar-refractivity contribution in [1.29, 1.82) is 0 Å². The number of rotatable bonds is 5.